The van der Waals surface area contributed by atoms with E-state index in [0.29, 0.717) is 42.3 Å². The molecule has 34 heavy (non-hydrogen) atoms. The molecule has 0 spiro atoms. The Morgan fingerprint density at radius 2 is 1.91 bits per heavy atom. The molecule has 3 atom stereocenters. The standard InChI is InChI=1S/C23H22FIN6O2S/c24-15-4-3-5-16(14-15)26-20-23(25)19(8-13-34(23)32)28-21(29-20)30-9-11-31(12-10-30)22-27-17-6-1-2-7-18(17)33-22/h1-7,14,19H,8-13H2,(H,26,28,29)/t19?,23-,34?/m0/s1. The second-order valence-electron chi connectivity index (χ2n) is 8.46. The SMILES string of the molecule is O=S1CCC2N=C(N3CCN(c4nc5ccccc5o4)CC3)N=C(Nc3cccc(F)c3)[C@]21I. The molecule has 1 aromatic heterocycles. The number of halogens is 2. The van der Waals surface area contributed by atoms with E-state index in [1.54, 1.807) is 12.1 Å². The average Bonchev–Trinajstić information content (AvgIpc) is 3.41. The summed E-state index contributed by atoms with van der Waals surface area (Å²) in [5.74, 6) is 1.44. The van der Waals surface area contributed by atoms with Crippen molar-refractivity contribution >= 4 is 68.0 Å². The van der Waals surface area contributed by atoms with Gasteiger partial charge in [0.25, 0.3) is 6.01 Å². The molecular formula is C23H22FIN6O2S. The number of amidine groups is 1. The number of nitrogens with one attached hydrogen (secondary N) is 1. The van der Waals surface area contributed by atoms with Crippen LogP contribution in [0.2, 0.25) is 0 Å². The van der Waals surface area contributed by atoms with Crippen molar-refractivity contribution in [2.24, 2.45) is 9.98 Å². The van der Waals surface area contributed by atoms with Crippen LogP contribution < -0.4 is 10.2 Å². The Labute approximate surface area is 211 Å². The molecule has 2 fully saturated rings. The molecule has 0 radical (unpaired) electrons. The maximum absolute atomic E-state index is 13.8. The Kier molecular flexibility index (Phi) is 5.55. The van der Waals surface area contributed by atoms with Crippen LogP contribution >= 0.6 is 22.6 Å². The molecule has 3 aromatic rings. The number of rotatable bonds is 2. The highest BCUT2D eigenvalue weighted by Crippen LogP contribution is 2.42. The summed E-state index contributed by atoms with van der Waals surface area (Å²) >= 11 is 2.22. The molecule has 0 amide bonds. The topological polar surface area (TPSA) is 86.3 Å². The predicted molar refractivity (Wildman–Crippen MR) is 141 cm³/mol. The fraction of sp³-hybridized carbons (Fsp3) is 0.348. The number of oxazole rings is 1. The smallest absolute Gasteiger partial charge is 0.298 e. The minimum Gasteiger partial charge on any atom is -0.423 e. The third kappa shape index (κ3) is 3.78. The lowest BCUT2D eigenvalue weighted by Gasteiger charge is -2.38. The highest BCUT2D eigenvalue weighted by Gasteiger charge is 2.54. The second-order valence-corrected chi connectivity index (χ2v) is 12.6. The zero-order valence-corrected chi connectivity index (χ0v) is 21.1. The lowest BCUT2D eigenvalue weighted by molar-refractivity contribution is 0.366. The lowest BCUT2D eigenvalue weighted by Crippen LogP contribution is -2.54. The summed E-state index contributed by atoms with van der Waals surface area (Å²) in [7, 11) is -1.13. The third-order valence-electron chi connectivity index (χ3n) is 6.35. The molecule has 0 aliphatic carbocycles. The normalized spacial score (nSPS) is 26.9. The van der Waals surface area contributed by atoms with Gasteiger partial charge in [0.05, 0.1) is 6.04 Å². The van der Waals surface area contributed by atoms with Gasteiger partial charge in [-0.2, -0.15) is 9.98 Å². The number of piperazine rings is 1. The Morgan fingerprint density at radius 3 is 2.71 bits per heavy atom. The number of anilines is 2. The van der Waals surface area contributed by atoms with Gasteiger partial charge in [-0.3, -0.25) is 4.21 Å². The van der Waals surface area contributed by atoms with Crippen molar-refractivity contribution < 1.29 is 13.0 Å². The van der Waals surface area contributed by atoms with E-state index in [1.165, 1.54) is 12.1 Å². The predicted octanol–water partition coefficient (Wildman–Crippen LogP) is 3.62. The Morgan fingerprint density at radius 1 is 1.12 bits per heavy atom. The molecule has 176 valence electrons. The molecule has 0 saturated carbocycles. The van der Waals surface area contributed by atoms with E-state index in [9.17, 15) is 8.60 Å². The van der Waals surface area contributed by atoms with Crippen LogP contribution in [0.5, 0.6) is 0 Å². The molecule has 2 aromatic carbocycles. The Bertz CT molecular complexity index is 1300. The molecule has 11 heteroatoms. The van der Waals surface area contributed by atoms with Gasteiger partial charge in [0.15, 0.2) is 8.34 Å². The number of hydrogen-bond acceptors (Lipinski definition) is 8. The van der Waals surface area contributed by atoms with Crippen LogP contribution in [0.4, 0.5) is 16.1 Å². The monoisotopic (exact) mass is 592 g/mol. The van der Waals surface area contributed by atoms with Gasteiger partial charge < -0.3 is 19.5 Å². The van der Waals surface area contributed by atoms with Gasteiger partial charge >= 0.3 is 0 Å². The highest BCUT2D eigenvalue weighted by molar-refractivity contribution is 14.1. The summed E-state index contributed by atoms with van der Waals surface area (Å²) in [5.41, 5.74) is 2.21. The third-order valence-corrected chi connectivity index (χ3v) is 10.8. The number of nitrogens with zero attached hydrogens (tertiary/aromatic N) is 5. The van der Waals surface area contributed by atoms with Crippen molar-refractivity contribution in [2.45, 2.75) is 15.2 Å². The number of benzene rings is 2. The van der Waals surface area contributed by atoms with Crippen LogP contribution in [0.15, 0.2) is 62.9 Å². The average molecular weight is 592 g/mol. The zero-order valence-electron chi connectivity index (χ0n) is 18.2. The molecule has 6 rings (SSSR count). The molecule has 8 nitrogen and oxygen atoms in total. The first-order chi connectivity index (χ1) is 16.5. The Balaban J connectivity index is 1.23. The number of guanidine groups is 1. The first-order valence-electron chi connectivity index (χ1n) is 11.1. The minimum absolute atomic E-state index is 0.146. The van der Waals surface area contributed by atoms with Gasteiger partial charge in [-0.1, -0.05) is 40.8 Å². The van der Waals surface area contributed by atoms with E-state index >= 15 is 0 Å². The van der Waals surface area contributed by atoms with Crippen molar-refractivity contribution in [3.05, 3.63) is 54.3 Å². The maximum Gasteiger partial charge on any atom is 0.298 e. The molecule has 3 aliphatic heterocycles. The van der Waals surface area contributed by atoms with Gasteiger partial charge in [-0.25, -0.2) is 9.38 Å². The number of aliphatic imine (C=N–C) groups is 2. The van der Waals surface area contributed by atoms with Crippen molar-refractivity contribution in [1.29, 1.82) is 0 Å². The van der Waals surface area contributed by atoms with Gasteiger partial charge in [0.1, 0.15) is 17.2 Å². The second kappa shape index (κ2) is 8.59. The number of hydrogen-bond donors (Lipinski definition) is 1. The van der Waals surface area contributed by atoms with Crippen LogP contribution in [-0.4, -0.2) is 66.6 Å². The van der Waals surface area contributed by atoms with E-state index in [1.807, 2.05) is 24.3 Å². The lowest BCUT2D eigenvalue weighted by atomic mass is 10.1. The van der Waals surface area contributed by atoms with E-state index in [-0.39, 0.29) is 11.9 Å². The van der Waals surface area contributed by atoms with Crippen LogP contribution in [0, 0.1) is 5.82 Å². The van der Waals surface area contributed by atoms with Gasteiger partial charge in [-0.15, -0.1) is 0 Å². The molecule has 2 unspecified atom stereocenters. The van der Waals surface area contributed by atoms with Crippen LogP contribution in [0.25, 0.3) is 11.1 Å². The number of para-hydroxylation sites is 2. The fourth-order valence-corrected chi connectivity index (χ4v) is 7.41. The summed E-state index contributed by atoms with van der Waals surface area (Å²) in [6.45, 7) is 2.86. The summed E-state index contributed by atoms with van der Waals surface area (Å²) < 4.78 is 31.9. The van der Waals surface area contributed by atoms with E-state index < -0.39 is 13.6 Å². The summed E-state index contributed by atoms with van der Waals surface area (Å²) in [6.07, 6.45) is 0.728. The molecule has 3 aliphatic rings. The summed E-state index contributed by atoms with van der Waals surface area (Å²) in [4.78, 5) is 18.6. The number of aromatic nitrogens is 1. The molecule has 0 bridgehead atoms. The van der Waals surface area contributed by atoms with Crippen LogP contribution in [0.1, 0.15) is 6.42 Å². The van der Waals surface area contributed by atoms with Crippen molar-refractivity contribution in [3.8, 4) is 0 Å². The van der Waals surface area contributed by atoms with Crippen LogP contribution in [-0.2, 0) is 10.8 Å². The number of alkyl halides is 1. The summed E-state index contributed by atoms with van der Waals surface area (Å²) in [5, 5.41) is 3.25. The largest absolute Gasteiger partial charge is 0.423 e. The number of fused-ring (bicyclic) bond motifs is 2. The summed E-state index contributed by atoms with van der Waals surface area (Å²) in [6, 6.07) is 14.5. The van der Waals surface area contributed by atoms with Crippen molar-refractivity contribution in [1.82, 2.24) is 9.88 Å². The highest BCUT2D eigenvalue weighted by atomic mass is 127. The minimum atomic E-state index is -1.13. The van der Waals surface area contributed by atoms with E-state index in [4.69, 9.17) is 14.4 Å². The first-order valence-corrected chi connectivity index (χ1v) is 13.5. The Hall–Kier alpha value is -2.54. The molecular weight excluding hydrogens is 570 g/mol. The van der Waals surface area contributed by atoms with Gasteiger partial charge in [-0.05, 0) is 36.8 Å². The van der Waals surface area contributed by atoms with E-state index in [0.717, 1.165) is 30.6 Å². The van der Waals surface area contributed by atoms with Gasteiger partial charge in [0, 0.05) is 48.4 Å². The quantitative estimate of drug-likeness (QED) is 0.362. The van der Waals surface area contributed by atoms with E-state index in [2.05, 4.69) is 42.7 Å². The van der Waals surface area contributed by atoms with Crippen LogP contribution in [0.3, 0.4) is 0 Å². The fourth-order valence-electron chi connectivity index (χ4n) is 4.52. The van der Waals surface area contributed by atoms with Crippen molar-refractivity contribution in [3.63, 3.8) is 0 Å². The van der Waals surface area contributed by atoms with Gasteiger partial charge in [0.2, 0.25) is 5.96 Å². The molecule has 1 N–H and O–H groups in total. The van der Waals surface area contributed by atoms with Crippen molar-refractivity contribution in [2.75, 3.05) is 42.1 Å². The zero-order chi connectivity index (χ0) is 23.3. The first kappa shape index (κ1) is 22.0. The molecule has 2 saturated heterocycles. The molecule has 4 heterocycles. The maximum atomic E-state index is 13.8.